The van der Waals surface area contributed by atoms with Gasteiger partial charge >= 0.3 is 0 Å². The van der Waals surface area contributed by atoms with Crippen LogP contribution in [0.3, 0.4) is 0 Å². The summed E-state index contributed by atoms with van der Waals surface area (Å²) in [7, 11) is -3.22. The lowest BCUT2D eigenvalue weighted by atomic mass is 9.96. The molecule has 0 bridgehead atoms. The van der Waals surface area contributed by atoms with Crippen molar-refractivity contribution in [3.63, 3.8) is 0 Å². The van der Waals surface area contributed by atoms with E-state index >= 15 is 0 Å². The first-order valence-electron chi connectivity index (χ1n) is 6.09. The zero-order valence-electron chi connectivity index (χ0n) is 10.8. The number of sulfone groups is 1. The highest BCUT2D eigenvalue weighted by molar-refractivity contribution is 7.90. The average molecular weight is 282 g/mol. The van der Waals surface area contributed by atoms with Gasteiger partial charge in [-0.2, -0.15) is 0 Å². The van der Waals surface area contributed by atoms with Crippen LogP contribution in [0.1, 0.15) is 24.4 Å². The minimum absolute atomic E-state index is 0.220. The highest BCUT2D eigenvalue weighted by Gasteiger charge is 2.19. The zero-order chi connectivity index (χ0) is 13.9. The molecule has 1 aromatic carbocycles. The normalized spacial score (nSPS) is 17.5. The molecule has 0 aromatic heterocycles. The van der Waals surface area contributed by atoms with E-state index in [9.17, 15) is 8.42 Å². The predicted octanol–water partition coefficient (Wildman–Crippen LogP) is 1.29. The number of nitrogens with two attached hydrogens (primary N) is 1. The third-order valence-electron chi connectivity index (χ3n) is 3.12. The van der Waals surface area contributed by atoms with E-state index in [0.29, 0.717) is 11.5 Å². The number of ether oxygens (including phenoxy) is 1. The van der Waals surface area contributed by atoms with Crippen molar-refractivity contribution >= 4 is 9.84 Å². The summed E-state index contributed by atoms with van der Waals surface area (Å²) in [6.07, 6.45) is 4.73. The van der Waals surface area contributed by atoms with Crippen LogP contribution in [-0.2, 0) is 14.6 Å². The Hall–Kier alpha value is -1.37. The molecular formula is C13H18N2O3S. The van der Waals surface area contributed by atoms with E-state index < -0.39 is 9.84 Å². The van der Waals surface area contributed by atoms with Crippen molar-refractivity contribution in [3.8, 4) is 0 Å². The van der Waals surface area contributed by atoms with Gasteiger partial charge in [0.05, 0.1) is 23.8 Å². The van der Waals surface area contributed by atoms with Crippen LogP contribution in [0, 0.1) is 0 Å². The van der Waals surface area contributed by atoms with Crippen LogP contribution in [0.25, 0.3) is 0 Å². The summed E-state index contributed by atoms with van der Waals surface area (Å²) >= 11 is 0. The predicted molar refractivity (Wildman–Crippen MR) is 72.9 cm³/mol. The molecule has 0 amide bonds. The van der Waals surface area contributed by atoms with Crippen molar-refractivity contribution < 1.29 is 13.2 Å². The highest BCUT2D eigenvalue weighted by atomic mass is 32.2. The first-order valence-corrected chi connectivity index (χ1v) is 7.98. The van der Waals surface area contributed by atoms with Crippen LogP contribution in [-0.4, -0.2) is 21.3 Å². The van der Waals surface area contributed by atoms with Crippen molar-refractivity contribution in [1.82, 2.24) is 5.43 Å². The fourth-order valence-electron chi connectivity index (χ4n) is 2.14. The first-order chi connectivity index (χ1) is 9.02. The fraction of sp³-hybridized carbons (Fsp3) is 0.385. The van der Waals surface area contributed by atoms with Gasteiger partial charge in [-0.05, 0) is 36.1 Å². The van der Waals surface area contributed by atoms with Gasteiger partial charge in [-0.25, -0.2) is 13.8 Å². The third-order valence-corrected chi connectivity index (χ3v) is 4.23. The third kappa shape index (κ3) is 3.34. The van der Waals surface area contributed by atoms with Crippen LogP contribution >= 0.6 is 0 Å². The lowest BCUT2D eigenvalue weighted by Crippen LogP contribution is -2.30. The topological polar surface area (TPSA) is 81.4 Å². The van der Waals surface area contributed by atoms with Crippen LogP contribution in [0.2, 0.25) is 0 Å². The molecule has 0 aliphatic carbocycles. The van der Waals surface area contributed by atoms with Gasteiger partial charge in [-0.1, -0.05) is 12.1 Å². The molecule has 1 aromatic rings. The second-order valence-electron chi connectivity index (χ2n) is 4.61. The number of benzene rings is 1. The minimum Gasteiger partial charge on any atom is -0.501 e. The number of hydrogen-bond donors (Lipinski definition) is 2. The fourth-order valence-corrected chi connectivity index (χ4v) is 2.81. The summed E-state index contributed by atoms with van der Waals surface area (Å²) in [4.78, 5) is 0.294. The standard InChI is InChI=1S/C13H18N2O3S/c1-19(16,17)12-6-2-4-10(8-12)13(15-14)11-5-3-7-18-9-11/h2,4,6,8-9,13,15H,3,5,7,14H2,1H3. The van der Waals surface area contributed by atoms with Crippen molar-refractivity contribution in [3.05, 3.63) is 41.7 Å². The van der Waals surface area contributed by atoms with Gasteiger partial charge in [0.1, 0.15) is 0 Å². The first kappa shape index (κ1) is 14.0. The van der Waals surface area contributed by atoms with Gasteiger partial charge in [0, 0.05) is 6.26 Å². The lowest BCUT2D eigenvalue weighted by Gasteiger charge is -2.23. The molecule has 1 heterocycles. The number of nitrogens with one attached hydrogen (secondary N) is 1. The molecule has 0 radical (unpaired) electrons. The summed E-state index contributed by atoms with van der Waals surface area (Å²) < 4.78 is 28.5. The van der Waals surface area contributed by atoms with Crippen molar-refractivity contribution in [2.45, 2.75) is 23.8 Å². The van der Waals surface area contributed by atoms with E-state index in [1.807, 2.05) is 6.07 Å². The second-order valence-corrected chi connectivity index (χ2v) is 6.63. The Labute approximate surface area is 113 Å². The van der Waals surface area contributed by atoms with Crippen LogP contribution in [0.4, 0.5) is 0 Å². The van der Waals surface area contributed by atoms with Gasteiger partial charge in [0.15, 0.2) is 9.84 Å². The SMILES string of the molecule is CS(=O)(=O)c1cccc(C(NN)C2=COCCC2)c1. The Bertz CT molecular complexity index is 581. The van der Waals surface area contributed by atoms with Crippen molar-refractivity contribution in [2.24, 2.45) is 5.84 Å². The molecule has 6 heteroatoms. The molecule has 0 saturated carbocycles. The molecular weight excluding hydrogens is 264 g/mol. The zero-order valence-corrected chi connectivity index (χ0v) is 11.6. The molecule has 1 aliphatic heterocycles. The Kier molecular flexibility index (Phi) is 4.24. The molecule has 1 aliphatic rings. The van der Waals surface area contributed by atoms with Crippen molar-refractivity contribution in [2.75, 3.05) is 12.9 Å². The molecule has 0 saturated heterocycles. The van der Waals surface area contributed by atoms with Crippen molar-refractivity contribution in [1.29, 1.82) is 0 Å². The Morgan fingerprint density at radius 3 is 2.79 bits per heavy atom. The Morgan fingerprint density at radius 2 is 2.21 bits per heavy atom. The van der Waals surface area contributed by atoms with E-state index in [0.717, 1.165) is 24.0 Å². The minimum atomic E-state index is -3.22. The monoisotopic (exact) mass is 282 g/mol. The summed E-state index contributed by atoms with van der Waals surface area (Å²) in [6, 6.07) is 6.59. The van der Waals surface area contributed by atoms with E-state index in [2.05, 4.69) is 5.43 Å². The lowest BCUT2D eigenvalue weighted by molar-refractivity contribution is 0.219. The summed E-state index contributed by atoms with van der Waals surface area (Å²) in [5.41, 5.74) is 4.57. The average Bonchev–Trinajstić information content (AvgIpc) is 2.40. The Morgan fingerprint density at radius 1 is 1.42 bits per heavy atom. The van der Waals surface area contributed by atoms with Crippen LogP contribution in [0.15, 0.2) is 41.0 Å². The Balaban J connectivity index is 2.36. The maximum absolute atomic E-state index is 11.6. The maximum atomic E-state index is 11.6. The molecule has 2 rings (SSSR count). The van der Waals surface area contributed by atoms with Gasteiger partial charge in [0.2, 0.25) is 0 Å². The molecule has 0 spiro atoms. The molecule has 1 atom stereocenters. The number of rotatable bonds is 4. The molecule has 104 valence electrons. The van der Waals surface area contributed by atoms with Gasteiger partial charge in [-0.15, -0.1) is 0 Å². The molecule has 3 N–H and O–H groups in total. The molecule has 0 fully saturated rings. The van der Waals surface area contributed by atoms with E-state index in [-0.39, 0.29) is 6.04 Å². The molecule has 19 heavy (non-hydrogen) atoms. The number of hydrazine groups is 1. The number of hydrogen-bond acceptors (Lipinski definition) is 5. The smallest absolute Gasteiger partial charge is 0.175 e. The van der Waals surface area contributed by atoms with Gasteiger partial charge < -0.3 is 4.74 Å². The summed E-state index contributed by atoms with van der Waals surface area (Å²) in [6.45, 7) is 0.712. The molecule has 1 unspecified atom stereocenters. The summed E-state index contributed by atoms with van der Waals surface area (Å²) in [5.74, 6) is 5.60. The van der Waals surface area contributed by atoms with Crippen LogP contribution in [0.5, 0.6) is 0 Å². The quantitative estimate of drug-likeness (QED) is 0.642. The van der Waals surface area contributed by atoms with E-state index in [4.69, 9.17) is 10.6 Å². The second kappa shape index (κ2) is 5.73. The highest BCUT2D eigenvalue weighted by Crippen LogP contribution is 2.28. The van der Waals surface area contributed by atoms with E-state index in [1.165, 1.54) is 6.26 Å². The van der Waals surface area contributed by atoms with Gasteiger partial charge in [0.25, 0.3) is 0 Å². The van der Waals surface area contributed by atoms with E-state index in [1.54, 1.807) is 24.5 Å². The maximum Gasteiger partial charge on any atom is 0.175 e. The molecule has 5 nitrogen and oxygen atoms in total. The van der Waals surface area contributed by atoms with Gasteiger partial charge in [-0.3, -0.25) is 5.84 Å². The summed E-state index contributed by atoms with van der Waals surface area (Å²) in [5, 5.41) is 0. The largest absolute Gasteiger partial charge is 0.501 e. The van der Waals surface area contributed by atoms with Crippen LogP contribution < -0.4 is 11.3 Å².